The van der Waals surface area contributed by atoms with E-state index in [1.54, 1.807) is 7.11 Å². The lowest BCUT2D eigenvalue weighted by Gasteiger charge is -2.45. The number of nitrogens with zero attached hydrogens (tertiary/aromatic N) is 2. The molecule has 7 rings (SSSR count). The van der Waals surface area contributed by atoms with Crippen molar-refractivity contribution >= 4 is 22.7 Å². The van der Waals surface area contributed by atoms with Crippen LogP contribution in [0, 0.1) is 17.8 Å². The summed E-state index contributed by atoms with van der Waals surface area (Å²) in [5.41, 5.74) is 0.558. The maximum absolute atomic E-state index is 6.85. The summed E-state index contributed by atoms with van der Waals surface area (Å²) < 4.78 is 12.3. The first-order valence-electron chi connectivity index (χ1n) is 10.2. The molecule has 3 aliphatic heterocycles. The second kappa shape index (κ2) is 5.48. The minimum atomic E-state index is -0.381. The zero-order valence-electron chi connectivity index (χ0n) is 16.0. The van der Waals surface area contributed by atoms with Gasteiger partial charge in [-0.15, -0.1) is 0 Å². The molecule has 4 fully saturated rings. The molecule has 5 aliphatic rings. The second-order valence-corrected chi connectivity index (χ2v) is 8.98. The zero-order valence-corrected chi connectivity index (χ0v) is 16.0. The average Bonchev–Trinajstić information content (AvgIpc) is 2.81. The summed E-state index contributed by atoms with van der Waals surface area (Å²) in [6, 6.07) is 11.0. The Morgan fingerprint density at radius 1 is 1.07 bits per heavy atom. The quantitative estimate of drug-likeness (QED) is 0.732. The molecule has 2 aromatic rings. The van der Waals surface area contributed by atoms with E-state index in [1.165, 1.54) is 37.5 Å². The van der Waals surface area contributed by atoms with E-state index in [0.29, 0.717) is 12.0 Å². The van der Waals surface area contributed by atoms with E-state index < -0.39 is 0 Å². The summed E-state index contributed by atoms with van der Waals surface area (Å²) >= 11 is 0. The minimum absolute atomic E-state index is 0.381. The van der Waals surface area contributed by atoms with Crippen molar-refractivity contribution in [2.75, 3.05) is 14.2 Å². The molecule has 1 spiro atoms. The lowest BCUT2D eigenvalue weighted by molar-refractivity contribution is -0.0623. The summed E-state index contributed by atoms with van der Waals surface area (Å²) in [7, 11) is 3.96. The summed E-state index contributed by atoms with van der Waals surface area (Å²) in [6.07, 6.45) is 8.76. The van der Waals surface area contributed by atoms with Crippen molar-refractivity contribution in [2.24, 2.45) is 22.7 Å². The monoisotopic (exact) mass is 362 g/mol. The van der Waals surface area contributed by atoms with Crippen molar-refractivity contribution in [3.05, 3.63) is 30.3 Å². The van der Waals surface area contributed by atoms with Gasteiger partial charge in [0.2, 0.25) is 5.72 Å². The molecule has 2 saturated carbocycles. The summed E-state index contributed by atoms with van der Waals surface area (Å²) in [6.45, 7) is 0. The van der Waals surface area contributed by atoms with Gasteiger partial charge in [-0.25, -0.2) is 0 Å². The first kappa shape index (κ1) is 15.9. The summed E-state index contributed by atoms with van der Waals surface area (Å²) in [4.78, 5) is 7.53. The highest BCUT2D eigenvalue weighted by Crippen LogP contribution is 2.55. The molecule has 4 heteroatoms. The van der Waals surface area contributed by atoms with E-state index in [1.807, 2.05) is 6.07 Å². The van der Waals surface area contributed by atoms with Gasteiger partial charge in [-0.05, 0) is 74.6 Å². The van der Waals surface area contributed by atoms with E-state index in [9.17, 15) is 0 Å². The third kappa shape index (κ3) is 2.16. The van der Waals surface area contributed by atoms with Gasteiger partial charge in [-0.1, -0.05) is 12.1 Å². The number of ether oxygens (including phenoxy) is 2. The smallest absolute Gasteiger partial charge is 0.202 e. The molecule has 3 atom stereocenters. The molecular formula is C23H26N2O2. The lowest BCUT2D eigenvalue weighted by Crippen LogP contribution is -2.59. The molecule has 0 aromatic heterocycles. The summed E-state index contributed by atoms with van der Waals surface area (Å²) in [5.74, 6) is 4.04. The maximum Gasteiger partial charge on any atom is 0.202 e. The van der Waals surface area contributed by atoms with Crippen LogP contribution in [0.2, 0.25) is 0 Å². The Balaban J connectivity index is 1.48. The van der Waals surface area contributed by atoms with Crippen LogP contribution in [0.5, 0.6) is 11.5 Å². The van der Waals surface area contributed by atoms with Crippen molar-refractivity contribution in [2.45, 2.75) is 43.9 Å². The van der Waals surface area contributed by atoms with Crippen LogP contribution >= 0.6 is 0 Å². The Morgan fingerprint density at radius 3 is 2.63 bits per heavy atom. The van der Waals surface area contributed by atoms with Crippen molar-refractivity contribution in [3.63, 3.8) is 0 Å². The van der Waals surface area contributed by atoms with Crippen molar-refractivity contribution < 1.29 is 9.47 Å². The molecule has 4 nitrogen and oxygen atoms in total. The standard InChI is InChI=1S/C23H26N2O2/c1-25-18-10-14-7-15(11-18)9-17(8-14)23(25)13-24-22-20-12-19(26-2)5-3-16(20)4-6-21(22)27-23/h3-6,12-15,17-18H,7-11H2,1-2H3. The SMILES string of the molecule is COc1ccc2ccc3c(c2c1)N=CC1(O3)C2CC3CC(CC(C3)N1C)C2. The number of benzene rings is 2. The van der Waals surface area contributed by atoms with Gasteiger partial charge < -0.3 is 9.47 Å². The number of hydrogen-bond acceptors (Lipinski definition) is 4. The Morgan fingerprint density at radius 2 is 1.85 bits per heavy atom. The molecular weight excluding hydrogens is 336 g/mol. The fourth-order valence-corrected chi connectivity index (χ4v) is 6.36. The second-order valence-electron chi connectivity index (χ2n) is 8.98. The van der Waals surface area contributed by atoms with Crippen molar-refractivity contribution in [1.29, 1.82) is 0 Å². The topological polar surface area (TPSA) is 34.1 Å². The van der Waals surface area contributed by atoms with Gasteiger partial charge >= 0.3 is 0 Å². The average molecular weight is 362 g/mol. The van der Waals surface area contributed by atoms with Crippen LogP contribution in [0.4, 0.5) is 5.69 Å². The fraction of sp³-hybridized carbons (Fsp3) is 0.522. The normalized spacial score (nSPS) is 36.7. The Bertz CT molecular complexity index is 941. The molecule has 3 heterocycles. The molecule has 0 N–H and O–H groups in total. The van der Waals surface area contributed by atoms with E-state index >= 15 is 0 Å². The highest BCUT2D eigenvalue weighted by molar-refractivity contribution is 5.99. The van der Waals surface area contributed by atoms with E-state index in [2.05, 4.69) is 42.4 Å². The number of methoxy groups -OCH3 is 1. The molecule has 0 radical (unpaired) electrons. The van der Waals surface area contributed by atoms with Gasteiger partial charge in [0.25, 0.3) is 0 Å². The number of aliphatic imine (C=N–C) groups is 1. The van der Waals surface area contributed by atoms with Gasteiger partial charge in [-0.3, -0.25) is 9.89 Å². The molecule has 2 saturated heterocycles. The number of fused-ring (bicyclic) bond motifs is 3. The third-order valence-electron chi connectivity index (χ3n) is 7.61. The molecule has 140 valence electrons. The molecule has 2 aliphatic carbocycles. The van der Waals surface area contributed by atoms with Crippen molar-refractivity contribution in [1.82, 2.24) is 4.90 Å². The highest BCUT2D eigenvalue weighted by atomic mass is 16.5. The number of rotatable bonds is 1. The van der Waals surface area contributed by atoms with Crippen LogP contribution in [0.25, 0.3) is 10.8 Å². The number of hydrogen-bond donors (Lipinski definition) is 0. The molecule has 4 bridgehead atoms. The minimum Gasteiger partial charge on any atom is -0.497 e. The predicted molar refractivity (Wildman–Crippen MR) is 107 cm³/mol. The first-order valence-corrected chi connectivity index (χ1v) is 10.2. The van der Waals surface area contributed by atoms with Crippen LogP contribution < -0.4 is 9.47 Å². The lowest BCUT2D eigenvalue weighted by atomic mass is 9.67. The molecule has 0 amide bonds. The molecule has 27 heavy (non-hydrogen) atoms. The van der Waals surface area contributed by atoms with Gasteiger partial charge in [0, 0.05) is 17.3 Å². The van der Waals surface area contributed by atoms with Crippen LogP contribution in [-0.4, -0.2) is 37.0 Å². The Kier molecular flexibility index (Phi) is 3.23. The molecule has 2 aromatic carbocycles. The summed E-state index contributed by atoms with van der Waals surface area (Å²) in [5, 5.41) is 2.26. The third-order valence-corrected chi connectivity index (χ3v) is 7.61. The van der Waals surface area contributed by atoms with Crippen LogP contribution in [0.3, 0.4) is 0 Å². The van der Waals surface area contributed by atoms with Gasteiger partial charge in [0.1, 0.15) is 17.2 Å². The van der Waals surface area contributed by atoms with Crippen LogP contribution in [0.15, 0.2) is 35.3 Å². The van der Waals surface area contributed by atoms with Crippen LogP contribution in [-0.2, 0) is 0 Å². The predicted octanol–water partition coefficient (Wildman–Crippen LogP) is 4.78. The highest BCUT2D eigenvalue weighted by Gasteiger charge is 2.56. The van der Waals surface area contributed by atoms with Crippen LogP contribution in [0.1, 0.15) is 32.1 Å². The van der Waals surface area contributed by atoms with E-state index in [4.69, 9.17) is 14.5 Å². The largest absolute Gasteiger partial charge is 0.497 e. The first-order chi connectivity index (χ1) is 13.2. The van der Waals surface area contributed by atoms with E-state index in [0.717, 1.165) is 34.4 Å². The maximum atomic E-state index is 6.85. The van der Waals surface area contributed by atoms with Gasteiger partial charge in [-0.2, -0.15) is 0 Å². The van der Waals surface area contributed by atoms with Gasteiger partial charge in [0.15, 0.2) is 0 Å². The fourth-order valence-electron chi connectivity index (χ4n) is 6.36. The van der Waals surface area contributed by atoms with Crippen molar-refractivity contribution in [3.8, 4) is 11.5 Å². The Hall–Kier alpha value is -2.07. The van der Waals surface area contributed by atoms with E-state index in [-0.39, 0.29) is 5.72 Å². The Labute approximate surface area is 160 Å². The van der Waals surface area contributed by atoms with Gasteiger partial charge in [0.05, 0.1) is 13.3 Å². The molecule has 3 unspecified atom stereocenters. The zero-order chi connectivity index (χ0) is 18.2.